The van der Waals surface area contributed by atoms with Gasteiger partial charge in [-0.25, -0.2) is 13.4 Å². The minimum atomic E-state index is -3.19. The summed E-state index contributed by atoms with van der Waals surface area (Å²) in [4.78, 5) is 18.7. The van der Waals surface area contributed by atoms with E-state index in [1.54, 1.807) is 11.1 Å². The molecule has 1 aromatic rings. The van der Waals surface area contributed by atoms with Crippen molar-refractivity contribution in [3.63, 3.8) is 0 Å². The highest BCUT2D eigenvalue weighted by atomic mass is 32.2. The van der Waals surface area contributed by atoms with Crippen molar-refractivity contribution in [1.82, 2.24) is 18.8 Å². The molecule has 2 fully saturated rings. The topological polar surface area (TPSA) is 84.7 Å². The van der Waals surface area contributed by atoms with Crippen LogP contribution >= 0.6 is 0 Å². The van der Waals surface area contributed by atoms with Gasteiger partial charge in [-0.15, -0.1) is 0 Å². The van der Waals surface area contributed by atoms with Crippen LogP contribution in [0.15, 0.2) is 6.20 Å². The van der Waals surface area contributed by atoms with E-state index in [0.29, 0.717) is 50.9 Å². The van der Waals surface area contributed by atoms with Gasteiger partial charge in [-0.1, -0.05) is 0 Å². The van der Waals surface area contributed by atoms with E-state index in [1.807, 2.05) is 4.57 Å². The maximum atomic E-state index is 12.6. The van der Waals surface area contributed by atoms with Crippen molar-refractivity contribution in [2.45, 2.75) is 31.2 Å². The summed E-state index contributed by atoms with van der Waals surface area (Å²) in [6, 6.07) is 0. The van der Waals surface area contributed by atoms with E-state index >= 15 is 0 Å². The molecule has 0 bridgehead atoms. The molecule has 0 aromatic carbocycles. The summed E-state index contributed by atoms with van der Waals surface area (Å²) >= 11 is 0. The van der Waals surface area contributed by atoms with Gasteiger partial charge in [0, 0.05) is 26.2 Å². The molecule has 3 aliphatic rings. The predicted octanol–water partition coefficient (Wildman–Crippen LogP) is -0.337. The lowest BCUT2D eigenvalue weighted by Gasteiger charge is -2.30. The van der Waals surface area contributed by atoms with Crippen molar-refractivity contribution in [1.29, 1.82) is 0 Å². The number of fused-ring (bicyclic) bond motifs is 1. The molecule has 3 heterocycles. The van der Waals surface area contributed by atoms with E-state index in [2.05, 4.69) is 4.98 Å². The zero-order chi connectivity index (χ0) is 16.0. The molecule has 0 N–H and O–H groups in total. The highest BCUT2D eigenvalue weighted by Gasteiger charge is 2.41. The maximum Gasteiger partial charge on any atom is 0.272 e. The van der Waals surface area contributed by atoms with Gasteiger partial charge in [-0.3, -0.25) is 4.79 Å². The number of sulfonamides is 1. The number of imidazole rings is 1. The van der Waals surface area contributed by atoms with Gasteiger partial charge in [0.2, 0.25) is 10.0 Å². The van der Waals surface area contributed by atoms with E-state index < -0.39 is 10.0 Å². The van der Waals surface area contributed by atoms with Crippen molar-refractivity contribution in [2.75, 3.05) is 32.8 Å². The van der Waals surface area contributed by atoms with E-state index in [1.165, 1.54) is 4.31 Å². The Kier molecular flexibility index (Phi) is 3.66. The number of hydrogen-bond donors (Lipinski definition) is 0. The van der Waals surface area contributed by atoms with E-state index in [4.69, 9.17) is 4.74 Å². The van der Waals surface area contributed by atoms with Crippen LogP contribution < -0.4 is 0 Å². The number of hydrogen-bond acceptors (Lipinski definition) is 5. The number of carbonyl (C=O) groups is 1. The van der Waals surface area contributed by atoms with Crippen LogP contribution in [0.2, 0.25) is 0 Å². The van der Waals surface area contributed by atoms with Gasteiger partial charge in [-0.05, 0) is 12.8 Å². The molecule has 0 spiro atoms. The fraction of sp³-hybridized carbons (Fsp3) is 0.714. The third-order valence-electron chi connectivity index (χ3n) is 4.65. The molecule has 1 saturated carbocycles. The quantitative estimate of drug-likeness (QED) is 0.752. The minimum absolute atomic E-state index is 0.0504. The minimum Gasteiger partial charge on any atom is -0.378 e. The van der Waals surface area contributed by atoms with Crippen LogP contribution in [0, 0.1) is 0 Å². The molecule has 1 amide bonds. The van der Waals surface area contributed by atoms with Crippen LogP contribution in [0.5, 0.6) is 0 Å². The zero-order valence-corrected chi connectivity index (χ0v) is 13.7. The molecule has 0 radical (unpaired) electrons. The molecular formula is C14H20N4O4S. The summed E-state index contributed by atoms with van der Waals surface area (Å²) in [5.74, 6) is 0.600. The molecule has 1 aromatic heterocycles. The van der Waals surface area contributed by atoms with E-state index in [9.17, 15) is 13.2 Å². The maximum absolute atomic E-state index is 12.6. The SMILES string of the molecule is O=C(c1cnc2n1CCN(S(=O)(=O)C1CC1)C2)N1CCOCC1. The Morgan fingerprint density at radius 3 is 2.61 bits per heavy atom. The van der Waals surface area contributed by atoms with Gasteiger partial charge < -0.3 is 14.2 Å². The number of amides is 1. The number of nitrogens with zero attached hydrogens (tertiary/aromatic N) is 4. The van der Waals surface area contributed by atoms with Crippen LogP contribution in [0.1, 0.15) is 29.2 Å². The molecule has 0 atom stereocenters. The number of rotatable bonds is 3. The second-order valence-corrected chi connectivity index (χ2v) is 8.41. The Balaban J connectivity index is 1.54. The summed E-state index contributed by atoms with van der Waals surface area (Å²) in [7, 11) is -3.19. The van der Waals surface area contributed by atoms with Crippen LogP contribution in [0.25, 0.3) is 0 Å². The van der Waals surface area contributed by atoms with Gasteiger partial charge >= 0.3 is 0 Å². The van der Waals surface area contributed by atoms with Crippen molar-refractivity contribution < 1.29 is 17.9 Å². The third-order valence-corrected chi connectivity index (χ3v) is 7.00. The van der Waals surface area contributed by atoms with E-state index in [-0.39, 0.29) is 17.7 Å². The highest BCUT2D eigenvalue weighted by Crippen LogP contribution is 2.32. The van der Waals surface area contributed by atoms with Gasteiger partial charge in [0.15, 0.2) is 0 Å². The first kappa shape index (κ1) is 15.1. The Hall–Kier alpha value is -1.45. The van der Waals surface area contributed by atoms with Crippen LogP contribution in [0.4, 0.5) is 0 Å². The highest BCUT2D eigenvalue weighted by molar-refractivity contribution is 7.90. The summed E-state index contributed by atoms with van der Waals surface area (Å²) in [6.45, 7) is 3.43. The largest absolute Gasteiger partial charge is 0.378 e. The molecule has 23 heavy (non-hydrogen) atoms. The average molecular weight is 340 g/mol. The predicted molar refractivity (Wildman–Crippen MR) is 81.3 cm³/mol. The van der Waals surface area contributed by atoms with Crippen LogP contribution in [-0.4, -0.2) is 71.2 Å². The molecule has 9 heteroatoms. The molecule has 1 aliphatic carbocycles. The fourth-order valence-electron chi connectivity index (χ4n) is 3.13. The Labute approximate surface area is 135 Å². The van der Waals surface area contributed by atoms with Crippen molar-refractivity contribution in [3.05, 3.63) is 17.7 Å². The summed E-state index contributed by atoms with van der Waals surface area (Å²) < 4.78 is 33.3. The Morgan fingerprint density at radius 2 is 1.91 bits per heavy atom. The Bertz CT molecular complexity index is 719. The normalized spacial score (nSPS) is 22.9. The monoisotopic (exact) mass is 340 g/mol. The molecule has 126 valence electrons. The lowest BCUT2D eigenvalue weighted by atomic mass is 10.3. The first-order chi connectivity index (χ1) is 11.1. The van der Waals surface area contributed by atoms with Gasteiger partial charge in [0.25, 0.3) is 5.91 Å². The first-order valence-electron chi connectivity index (χ1n) is 7.98. The standard InChI is InChI=1S/C14H20N4O4S/c19-14(16-5-7-22-8-6-16)12-9-15-13-10-17(3-4-18(12)13)23(20,21)11-1-2-11/h9,11H,1-8,10H2. The fourth-order valence-corrected chi connectivity index (χ4v) is 4.92. The van der Waals surface area contributed by atoms with Crippen molar-refractivity contribution >= 4 is 15.9 Å². The van der Waals surface area contributed by atoms with Crippen molar-refractivity contribution in [3.8, 4) is 0 Å². The first-order valence-corrected chi connectivity index (χ1v) is 9.48. The molecule has 4 rings (SSSR count). The average Bonchev–Trinajstić information content (AvgIpc) is 3.35. The Morgan fingerprint density at radius 1 is 1.17 bits per heavy atom. The molecule has 1 saturated heterocycles. The smallest absolute Gasteiger partial charge is 0.272 e. The molecule has 8 nitrogen and oxygen atoms in total. The summed E-state index contributed by atoms with van der Waals surface area (Å²) in [6.07, 6.45) is 3.09. The second kappa shape index (κ2) is 5.57. The van der Waals surface area contributed by atoms with Gasteiger partial charge in [0.05, 0.1) is 31.2 Å². The summed E-state index contributed by atoms with van der Waals surface area (Å²) in [5, 5.41) is -0.210. The third kappa shape index (κ3) is 2.66. The van der Waals surface area contributed by atoms with Crippen molar-refractivity contribution in [2.24, 2.45) is 0 Å². The zero-order valence-electron chi connectivity index (χ0n) is 12.8. The lowest BCUT2D eigenvalue weighted by Crippen LogP contribution is -2.43. The second-order valence-electron chi connectivity index (χ2n) is 6.19. The van der Waals surface area contributed by atoms with Gasteiger partial charge in [-0.2, -0.15) is 4.31 Å². The molecule has 2 aliphatic heterocycles. The number of ether oxygens (including phenoxy) is 1. The molecule has 0 unspecified atom stereocenters. The summed E-state index contributed by atoms with van der Waals surface area (Å²) in [5.41, 5.74) is 0.547. The van der Waals surface area contributed by atoms with E-state index in [0.717, 1.165) is 12.8 Å². The van der Waals surface area contributed by atoms with Crippen LogP contribution in [0.3, 0.4) is 0 Å². The number of morpholine rings is 1. The van der Waals surface area contributed by atoms with Gasteiger partial charge in [0.1, 0.15) is 11.5 Å². The molecular weight excluding hydrogens is 320 g/mol. The lowest BCUT2D eigenvalue weighted by molar-refractivity contribution is 0.0295. The van der Waals surface area contributed by atoms with Crippen LogP contribution in [-0.2, 0) is 27.8 Å². The number of aromatic nitrogens is 2. The number of carbonyl (C=O) groups excluding carboxylic acids is 1.